The van der Waals surface area contributed by atoms with Gasteiger partial charge in [-0.25, -0.2) is 0 Å². The smallest absolute Gasteiger partial charge is 0.106 e. The van der Waals surface area contributed by atoms with Crippen LogP contribution in [0, 0.1) is 0 Å². The first kappa shape index (κ1) is 14.6. The van der Waals surface area contributed by atoms with E-state index < -0.39 is 0 Å². The summed E-state index contributed by atoms with van der Waals surface area (Å²) in [6.07, 6.45) is 0. The van der Waals surface area contributed by atoms with E-state index in [1.807, 2.05) is 18.2 Å². The summed E-state index contributed by atoms with van der Waals surface area (Å²) in [6, 6.07) is 10.9. The molecule has 0 aliphatic carbocycles. The van der Waals surface area contributed by atoms with E-state index in [9.17, 15) is 0 Å². The van der Waals surface area contributed by atoms with Gasteiger partial charge in [-0.1, -0.05) is 57.4 Å². The number of benzene rings is 2. The Balaban J connectivity index is 2.47. The van der Waals surface area contributed by atoms with Gasteiger partial charge >= 0.3 is 0 Å². The highest BCUT2D eigenvalue weighted by atomic mass is 79.9. The topological polar surface area (TPSA) is 38.0 Å². The van der Waals surface area contributed by atoms with Crippen molar-refractivity contribution >= 4 is 67.7 Å². The van der Waals surface area contributed by atoms with Crippen LogP contribution < -0.4 is 11.1 Å². The molecule has 98 valence electrons. The van der Waals surface area contributed by atoms with E-state index in [2.05, 4.69) is 21.2 Å². The van der Waals surface area contributed by atoms with E-state index in [0.29, 0.717) is 20.7 Å². The van der Waals surface area contributed by atoms with Crippen LogP contribution in [0.3, 0.4) is 0 Å². The maximum Gasteiger partial charge on any atom is 0.106 e. The summed E-state index contributed by atoms with van der Waals surface area (Å²) >= 11 is 20.7. The molecule has 2 aromatic rings. The lowest BCUT2D eigenvalue weighted by Gasteiger charge is -2.14. The third-order valence-corrected chi connectivity index (χ3v) is 3.81. The van der Waals surface area contributed by atoms with Crippen LogP contribution in [0.25, 0.3) is 0 Å². The molecular formula is C13H9BrCl2N2S. The minimum atomic E-state index is 0.298. The molecule has 2 nitrogen and oxygen atoms in total. The maximum absolute atomic E-state index is 6.12. The second-order valence-electron chi connectivity index (χ2n) is 3.78. The van der Waals surface area contributed by atoms with E-state index in [1.54, 1.807) is 18.2 Å². The molecule has 0 spiro atoms. The van der Waals surface area contributed by atoms with Gasteiger partial charge in [-0.05, 0) is 30.3 Å². The first-order chi connectivity index (χ1) is 8.99. The zero-order valence-electron chi connectivity index (χ0n) is 9.58. The molecule has 0 heterocycles. The van der Waals surface area contributed by atoms with Gasteiger partial charge in [0.2, 0.25) is 0 Å². The Kier molecular flexibility index (Phi) is 4.68. The fraction of sp³-hybridized carbons (Fsp3) is 0. The van der Waals surface area contributed by atoms with Crippen LogP contribution >= 0.6 is 51.3 Å². The Bertz CT molecular complexity index is 626. The average molecular weight is 376 g/mol. The van der Waals surface area contributed by atoms with Crippen molar-refractivity contribution in [3.63, 3.8) is 0 Å². The van der Waals surface area contributed by atoms with Crippen molar-refractivity contribution in [2.24, 2.45) is 5.73 Å². The molecule has 0 bridgehead atoms. The molecule has 6 heteroatoms. The quantitative estimate of drug-likeness (QED) is 0.730. The van der Waals surface area contributed by atoms with Gasteiger partial charge in [-0.15, -0.1) is 0 Å². The number of thiocarbonyl (C=S) groups is 1. The highest BCUT2D eigenvalue weighted by molar-refractivity contribution is 9.10. The number of hydrogen-bond donors (Lipinski definition) is 2. The van der Waals surface area contributed by atoms with Gasteiger partial charge in [0.25, 0.3) is 0 Å². The average Bonchev–Trinajstić information content (AvgIpc) is 2.35. The molecule has 0 saturated carbocycles. The van der Waals surface area contributed by atoms with Crippen molar-refractivity contribution in [1.82, 2.24) is 0 Å². The van der Waals surface area contributed by atoms with Crippen molar-refractivity contribution < 1.29 is 0 Å². The highest BCUT2D eigenvalue weighted by Crippen LogP contribution is 2.34. The fourth-order valence-corrected chi connectivity index (χ4v) is 2.60. The standard InChI is InChI=1S/C13H9BrCl2N2S/c14-7-4-5-11(8(6-7)13(17)19)18-12-9(15)2-1-3-10(12)16/h1-6,18H,(H2,17,19). The second-order valence-corrected chi connectivity index (χ2v) is 5.95. The SMILES string of the molecule is NC(=S)c1cc(Br)ccc1Nc1c(Cl)cccc1Cl. The Morgan fingerprint density at radius 1 is 1.16 bits per heavy atom. The van der Waals surface area contributed by atoms with Gasteiger partial charge in [0.05, 0.1) is 15.7 Å². The number of nitrogens with two attached hydrogens (primary N) is 1. The van der Waals surface area contributed by atoms with Crippen molar-refractivity contribution in [1.29, 1.82) is 0 Å². The highest BCUT2D eigenvalue weighted by Gasteiger charge is 2.10. The molecule has 19 heavy (non-hydrogen) atoms. The van der Waals surface area contributed by atoms with Crippen LogP contribution in [-0.4, -0.2) is 4.99 Å². The van der Waals surface area contributed by atoms with Gasteiger partial charge in [-0.3, -0.25) is 0 Å². The molecule has 0 unspecified atom stereocenters. The predicted molar refractivity (Wildman–Crippen MR) is 89.8 cm³/mol. The molecule has 0 saturated heterocycles. The second kappa shape index (κ2) is 6.09. The third kappa shape index (κ3) is 3.39. The number of anilines is 2. The number of halogens is 3. The van der Waals surface area contributed by atoms with E-state index in [4.69, 9.17) is 41.2 Å². The molecule has 0 amide bonds. The van der Waals surface area contributed by atoms with Gasteiger partial charge < -0.3 is 11.1 Å². The van der Waals surface area contributed by atoms with Gasteiger partial charge in [0, 0.05) is 15.7 Å². The summed E-state index contributed by atoms with van der Waals surface area (Å²) in [5.74, 6) is 0. The van der Waals surface area contributed by atoms with E-state index in [0.717, 1.165) is 15.7 Å². The molecule has 0 fully saturated rings. The van der Waals surface area contributed by atoms with Crippen molar-refractivity contribution in [3.8, 4) is 0 Å². The van der Waals surface area contributed by atoms with Crippen molar-refractivity contribution in [2.45, 2.75) is 0 Å². The maximum atomic E-state index is 6.12. The Hall–Kier alpha value is -0.810. The first-order valence-electron chi connectivity index (χ1n) is 5.29. The van der Waals surface area contributed by atoms with E-state index in [1.165, 1.54) is 0 Å². The zero-order valence-corrected chi connectivity index (χ0v) is 13.5. The molecule has 0 aromatic heterocycles. The lowest BCUT2D eigenvalue weighted by Crippen LogP contribution is -2.12. The molecule has 0 atom stereocenters. The Labute approximate surface area is 135 Å². The minimum Gasteiger partial charge on any atom is -0.389 e. The van der Waals surface area contributed by atoms with Crippen LogP contribution in [0.2, 0.25) is 10.0 Å². The normalized spacial score (nSPS) is 10.3. The van der Waals surface area contributed by atoms with Gasteiger partial charge in [0.1, 0.15) is 4.99 Å². The predicted octanol–water partition coefficient (Wildman–Crippen LogP) is 5.13. The zero-order chi connectivity index (χ0) is 14.0. The number of rotatable bonds is 3. The summed E-state index contributed by atoms with van der Waals surface area (Å²) < 4.78 is 0.895. The lowest BCUT2D eigenvalue weighted by molar-refractivity contribution is 1.51. The molecule has 2 rings (SSSR count). The molecule has 0 aliphatic rings. The number of nitrogens with one attached hydrogen (secondary N) is 1. The van der Waals surface area contributed by atoms with Crippen LogP contribution in [0.4, 0.5) is 11.4 Å². The molecule has 3 N–H and O–H groups in total. The van der Waals surface area contributed by atoms with Crippen LogP contribution in [-0.2, 0) is 0 Å². The molecule has 0 aliphatic heterocycles. The van der Waals surface area contributed by atoms with Gasteiger partial charge in [0.15, 0.2) is 0 Å². The molecular weight excluding hydrogens is 367 g/mol. The van der Waals surface area contributed by atoms with E-state index >= 15 is 0 Å². The molecule has 0 radical (unpaired) electrons. The molecule has 2 aromatic carbocycles. The first-order valence-corrected chi connectivity index (χ1v) is 7.25. The number of para-hydroxylation sites is 1. The summed E-state index contributed by atoms with van der Waals surface area (Å²) in [4.78, 5) is 0.298. The Morgan fingerprint density at radius 2 is 1.79 bits per heavy atom. The summed E-state index contributed by atoms with van der Waals surface area (Å²) in [5, 5.41) is 4.23. The Morgan fingerprint density at radius 3 is 2.37 bits per heavy atom. The third-order valence-electron chi connectivity index (χ3n) is 2.47. The lowest BCUT2D eigenvalue weighted by atomic mass is 10.1. The summed E-state index contributed by atoms with van der Waals surface area (Å²) in [5.41, 5.74) is 7.83. The van der Waals surface area contributed by atoms with Crippen LogP contribution in [0.1, 0.15) is 5.56 Å². The summed E-state index contributed by atoms with van der Waals surface area (Å²) in [6.45, 7) is 0. The summed E-state index contributed by atoms with van der Waals surface area (Å²) in [7, 11) is 0. The number of hydrogen-bond acceptors (Lipinski definition) is 2. The fourth-order valence-electron chi connectivity index (χ4n) is 1.58. The van der Waals surface area contributed by atoms with Crippen molar-refractivity contribution in [2.75, 3.05) is 5.32 Å². The van der Waals surface area contributed by atoms with E-state index in [-0.39, 0.29) is 0 Å². The van der Waals surface area contributed by atoms with Crippen LogP contribution in [0.5, 0.6) is 0 Å². The monoisotopic (exact) mass is 374 g/mol. The van der Waals surface area contributed by atoms with Crippen molar-refractivity contribution in [3.05, 3.63) is 56.5 Å². The minimum absolute atomic E-state index is 0.298. The largest absolute Gasteiger partial charge is 0.389 e. The van der Waals surface area contributed by atoms with Gasteiger partial charge in [-0.2, -0.15) is 0 Å². The van der Waals surface area contributed by atoms with Crippen LogP contribution in [0.15, 0.2) is 40.9 Å².